The predicted octanol–water partition coefficient (Wildman–Crippen LogP) is 1.47. The predicted molar refractivity (Wildman–Crippen MR) is 92.8 cm³/mol. The molecule has 1 aromatic carbocycles. The molecule has 3 rings (SSSR count). The lowest BCUT2D eigenvalue weighted by Crippen LogP contribution is -2.17. The SMILES string of the molecule is CS(=O)(=O)Nc1ccc(-n2[nH]cc(-c3ccc(C#N)cc3)c2=O)nc1. The van der Waals surface area contributed by atoms with Gasteiger partial charge in [0.25, 0.3) is 5.56 Å². The monoisotopic (exact) mass is 355 g/mol. The van der Waals surface area contributed by atoms with E-state index in [1.807, 2.05) is 6.07 Å². The first kappa shape index (κ1) is 16.5. The number of nitrogens with zero attached hydrogens (tertiary/aromatic N) is 3. The van der Waals surface area contributed by atoms with Crippen LogP contribution in [0.25, 0.3) is 16.9 Å². The molecule has 25 heavy (non-hydrogen) atoms. The summed E-state index contributed by atoms with van der Waals surface area (Å²) in [5, 5.41) is 11.6. The van der Waals surface area contributed by atoms with E-state index in [-0.39, 0.29) is 5.56 Å². The van der Waals surface area contributed by atoms with Crippen LogP contribution in [0.15, 0.2) is 53.6 Å². The van der Waals surface area contributed by atoms with Crippen molar-refractivity contribution in [2.75, 3.05) is 11.0 Å². The molecule has 0 spiro atoms. The Hall–Kier alpha value is -3.38. The Morgan fingerprint density at radius 1 is 1.20 bits per heavy atom. The number of nitrogens with one attached hydrogen (secondary N) is 2. The van der Waals surface area contributed by atoms with Crippen molar-refractivity contribution in [1.29, 1.82) is 5.26 Å². The maximum atomic E-state index is 12.6. The van der Waals surface area contributed by atoms with Crippen molar-refractivity contribution in [3.8, 4) is 23.0 Å². The van der Waals surface area contributed by atoms with E-state index in [0.29, 0.717) is 28.2 Å². The number of H-pyrrole nitrogens is 1. The summed E-state index contributed by atoms with van der Waals surface area (Å²) in [6, 6.07) is 11.7. The molecule has 8 nitrogen and oxygen atoms in total. The molecular weight excluding hydrogens is 342 g/mol. The number of benzene rings is 1. The van der Waals surface area contributed by atoms with Gasteiger partial charge in [-0.3, -0.25) is 14.6 Å². The van der Waals surface area contributed by atoms with Gasteiger partial charge in [-0.25, -0.2) is 18.1 Å². The Balaban J connectivity index is 1.93. The quantitative estimate of drug-likeness (QED) is 0.734. The van der Waals surface area contributed by atoms with E-state index in [9.17, 15) is 13.2 Å². The molecule has 2 heterocycles. The summed E-state index contributed by atoms with van der Waals surface area (Å²) in [6.45, 7) is 0. The average molecular weight is 355 g/mol. The number of aromatic amines is 1. The van der Waals surface area contributed by atoms with Gasteiger partial charge < -0.3 is 0 Å². The summed E-state index contributed by atoms with van der Waals surface area (Å²) >= 11 is 0. The molecule has 0 bridgehead atoms. The van der Waals surface area contributed by atoms with Gasteiger partial charge in [0.15, 0.2) is 5.82 Å². The van der Waals surface area contributed by atoms with Crippen molar-refractivity contribution in [3.05, 3.63) is 64.7 Å². The second kappa shape index (κ2) is 6.26. The lowest BCUT2D eigenvalue weighted by Gasteiger charge is -2.04. The first-order valence-electron chi connectivity index (χ1n) is 7.12. The molecule has 0 aliphatic heterocycles. The van der Waals surface area contributed by atoms with E-state index in [0.717, 1.165) is 6.26 Å². The Kier molecular flexibility index (Phi) is 4.12. The van der Waals surface area contributed by atoms with Gasteiger partial charge in [0.2, 0.25) is 10.0 Å². The van der Waals surface area contributed by atoms with E-state index < -0.39 is 10.0 Å². The molecule has 3 aromatic rings. The zero-order valence-corrected chi connectivity index (χ0v) is 13.9. The number of sulfonamides is 1. The number of pyridine rings is 1. The van der Waals surface area contributed by atoms with Crippen molar-refractivity contribution in [2.24, 2.45) is 0 Å². The second-order valence-electron chi connectivity index (χ2n) is 5.30. The van der Waals surface area contributed by atoms with Crippen molar-refractivity contribution in [1.82, 2.24) is 14.8 Å². The van der Waals surface area contributed by atoms with Gasteiger partial charge in [0.1, 0.15) is 0 Å². The summed E-state index contributed by atoms with van der Waals surface area (Å²) in [7, 11) is -3.39. The highest BCUT2D eigenvalue weighted by Crippen LogP contribution is 2.16. The first-order chi connectivity index (χ1) is 11.9. The smallest absolute Gasteiger partial charge is 0.280 e. The van der Waals surface area contributed by atoms with E-state index in [4.69, 9.17) is 5.26 Å². The molecule has 0 saturated heterocycles. The molecule has 0 saturated carbocycles. The number of aromatic nitrogens is 3. The van der Waals surface area contributed by atoms with Crippen molar-refractivity contribution in [3.63, 3.8) is 0 Å². The minimum Gasteiger partial charge on any atom is -0.296 e. The summed E-state index contributed by atoms with van der Waals surface area (Å²) < 4.78 is 25.9. The Morgan fingerprint density at radius 3 is 2.48 bits per heavy atom. The molecule has 126 valence electrons. The minimum absolute atomic E-state index is 0.304. The summed E-state index contributed by atoms with van der Waals surface area (Å²) in [4.78, 5) is 16.6. The molecular formula is C16H13N5O3S. The van der Waals surface area contributed by atoms with Gasteiger partial charge in [-0.15, -0.1) is 0 Å². The number of rotatable bonds is 4. The maximum absolute atomic E-state index is 12.6. The Morgan fingerprint density at radius 2 is 1.92 bits per heavy atom. The molecule has 9 heteroatoms. The Labute approximate surface area is 143 Å². The third kappa shape index (κ3) is 3.59. The molecule has 0 fully saturated rings. The fourth-order valence-corrected chi connectivity index (χ4v) is 2.81. The van der Waals surface area contributed by atoms with Crippen molar-refractivity contribution >= 4 is 15.7 Å². The second-order valence-corrected chi connectivity index (χ2v) is 7.04. The number of hydrogen-bond acceptors (Lipinski definition) is 5. The van der Waals surface area contributed by atoms with Crippen molar-refractivity contribution < 1.29 is 8.42 Å². The van der Waals surface area contributed by atoms with Crippen LogP contribution >= 0.6 is 0 Å². The third-order valence-corrected chi connectivity index (χ3v) is 3.98. The molecule has 0 amide bonds. The maximum Gasteiger partial charge on any atom is 0.280 e. The van der Waals surface area contributed by atoms with Crippen LogP contribution in [0, 0.1) is 11.3 Å². The fraction of sp³-hybridized carbons (Fsp3) is 0.0625. The van der Waals surface area contributed by atoms with Crippen LogP contribution < -0.4 is 10.3 Å². The highest BCUT2D eigenvalue weighted by molar-refractivity contribution is 7.92. The third-order valence-electron chi connectivity index (χ3n) is 3.38. The molecule has 0 unspecified atom stereocenters. The van der Waals surface area contributed by atoms with E-state index in [2.05, 4.69) is 14.8 Å². The van der Waals surface area contributed by atoms with Gasteiger partial charge in [-0.1, -0.05) is 12.1 Å². The van der Waals surface area contributed by atoms with Crippen LogP contribution in [0.1, 0.15) is 5.56 Å². The van der Waals surface area contributed by atoms with Crippen LogP contribution in [0.5, 0.6) is 0 Å². The Bertz CT molecular complexity index is 1100. The highest BCUT2D eigenvalue weighted by atomic mass is 32.2. The van der Waals surface area contributed by atoms with Gasteiger partial charge in [0.05, 0.1) is 35.3 Å². The van der Waals surface area contributed by atoms with Gasteiger partial charge in [-0.05, 0) is 29.8 Å². The van der Waals surface area contributed by atoms with E-state index in [1.54, 1.807) is 30.5 Å². The van der Waals surface area contributed by atoms with E-state index in [1.165, 1.54) is 23.0 Å². The lowest BCUT2D eigenvalue weighted by molar-refractivity contribution is 0.607. The van der Waals surface area contributed by atoms with E-state index >= 15 is 0 Å². The summed E-state index contributed by atoms with van der Waals surface area (Å²) in [5.74, 6) is 0.323. The number of nitriles is 1. The standard InChI is InChI=1S/C16H13N5O3S/c1-25(23,24)20-13-6-7-15(18-9-13)21-16(22)14(10-19-21)12-4-2-11(8-17)3-5-12/h2-7,9-10,19-20H,1H3. The molecule has 0 atom stereocenters. The molecule has 0 radical (unpaired) electrons. The number of hydrogen-bond donors (Lipinski definition) is 2. The molecule has 0 aliphatic carbocycles. The minimum atomic E-state index is -3.39. The highest BCUT2D eigenvalue weighted by Gasteiger charge is 2.11. The fourth-order valence-electron chi connectivity index (χ4n) is 2.26. The molecule has 2 N–H and O–H groups in total. The van der Waals surface area contributed by atoms with Gasteiger partial charge >= 0.3 is 0 Å². The van der Waals surface area contributed by atoms with Crippen LogP contribution in [0.4, 0.5) is 5.69 Å². The summed E-state index contributed by atoms with van der Waals surface area (Å²) in [5.41, 5.74) is 1.62. The molecule has 0 aliphatic rings. The van der Waals surface area contributed by atoms with Crippen LogP contribution in [-0.2, 0) is 10.0 Å². The number of anilines is 1. The van der Waals surface area contributed by atoms with Crippen LogP contribution in [0.3, 0.4) is 0 Å². The van der Waals surface area contributed by atoms with Gasteiger partial charge in [-0.2, -0.15) is 5.26 Å². The zero-order valence-electron chi connectivity index (χ0n) is 13.1. The largest absolute Gasteiger partial charge is 0.296 e. The zero-order chi connectivity index (χ0) is 18.0. The van der Waals surface area contributed by atoms with Crippen molar-refractivity contribution in [2.45, 2.75) is 0 Å². The van der Waals surface area contributed by atoms with Crippen LogP contribution in [-0.4, -0.2) is 29.4 Å². The van der Waals surface area contributed by atoms with Crippen LogP contribution in [0.2, 0.25) is 0 Å². The van der Waals surface area contributed by atoms with Gasteiger partial charge in [0, 0.05) is 6.20 Å². The normalized spacial score (nSPS) is 11.0. The lowest BCUT2D eigenvalue weighted by atomic mass is 10.1. The summed E-state index contributed by atoms with van der Waals surface area (Å²) in [6.07, 6.45) is 3.92. The average Bonchev–Trinajstić information content (AvgIpc) is 2.96. The molecule has 2 aromatic heterocycles. The first-order valence-corrected chi connectivity index (χ1v) is 9.02. The topological polar surface area (TPSA) is 121 Å².